The number of aliphatic hydroxyl groups excluding tert-OH is 1. The first kappa shape index (κ1) is 8.71. The van der Waals surface area contributed by atoms with Crippen molar-refractivity contribution < 1.29 is 5.11 Å². The summed E-state index contributed by atoms with van der Waals surface area (Å²) < 4.78 is 6.71. The molecule has 11 heavy (non-hydrogen) atoms. The lowest BCUT2D eigenvalue weighted by Gasteiger charge is -2.14. The third-order valence-electron chi connectivity index (χ3n) is 1.42. The molecule has 0 saturated heterocycles. The quantitative estimate of drug-likeness (QED) is 0.622. The number of aliphatic hydroxyl groups is 1. The average Bonchev–Trinajstić information content (AvgIpc) is 2.05. The fraction of sp³-hybridized carbons (Fsp3) is 0.333. The Morgan fingerprint density at radius 3 is 2.73 bits per heavy atom. The molecule has 1 rings (SSSR count). The summed E-state index contributed by atoms with van der Waals surface area (Å²) in [6, 6.07) is 0. The summed E-state index contributed by atoms with van der Waals surface area (Å²) in [6.45, 7) is 0. The maximum absolute atomic E-state index is 9.35. The Kier molecular flexibility index (Phi) is 3.05. The Labute approximate surface area is 74.3 Å². The molecule has 0 heterocycles. The highest BCUT2D eigenvalue weighted by Gasteiger charge is 2.19. The van der Waals surface area contributed by atoms with Crippen molar-refractivity contribution in [2.24, 2.45) is 9.02 Å². The largest absolute Gasteiger partial charge is 0.381 e. The first-order valence-corrected chi connectivity index (χ1v) is 3.68. The fourth-order valence-electron chi connectivity index (χ4n) is 0.829. The molecule has 0 aromatic heterocycles. The molecule has 0 spiro atoms. The van der Waals surface area contributed by atoms with Gasteiger partial charge in [0.15, 0.2) is 0 Å². The summed E-state index contributed by atoms with van der Waals surface area (Å²) in [4.78, 5) is 0. The third kappa shape index (κ3) is 1.80. The molecule has 0 bridgehead atoms. The third-order valence-corrected chi connectivity index (χ3v) is 1.83. The van der Waals surface area contributed by atoms with Gasteiger partial charge in [0.25, 0.3) is 0 Å². The SMILES string of the molecule is OC1C(=NCl)C=CCC1=NCl. The zero-order valence-electron chi connectivity index (χ0n) is 5.54. The molecule has 0 aromatic rings. The van der Waals surface area contributed by atoms with Crippen LogP contribution >= 0.6 is 23.6 Å². The molecule has 1 aliphatic rings. The van der Waals surface area contributed by atoms with Crippen molar-refractivity contribution in [1.82, 2.24) is 0 Å². The van der Waals surface area contributed by atoms with Gasteiger partial charge in [-0.1, -0.05) is 6.08 Å². The highest BCUT2D eigenvalue weighted by Crippen LogP contribution is 2.09. The van der Waals surface area contributed by atoms with Gasteiger partial charge in [-0.25, -0.2) is 0 Å². The van der Waals surface area contributed by atoms with Crippen LogP contribution in [0.2, 0.25) is 0 Å². The molecule has 1 N–H and O–H groups in total. The summed E-state index contributed by atoms with van der Waals surface area (Å²) in [5, 5.41) is 9.35. The van der Waals surface area contributed by atoms with Gasteiger partial charge >= 0.3 is 0 Å². The van der Waals surface area contributed by atoms with Gasteiger partial charge in [0.1, 0.15) is 6.10 Å². The smallest absolute Gasteiger partial charge is 0.136 e. The van der Waals surface area contributed by atoms with E-state index in [2.05, 4.69) is 9.02 Å². The second-order valence-corrected chi connectivity index (χ2v) is 2.43. The van der Waals surface area contributed by atoms with Crippen LogP contribution in [0.3, 0.4) is 0 Å². The number of hydrogen-bond donors (Lipinski definition) is 1. The van der Waals surface area contributed by atoms with Gasteiger partial charge < -0.3 is 5.11 Å². The molecule has 0 amide bonds. The summed E-state index contributed by atoms with van der Waals surface area (Å²) in [5.74, 6) is 0. The molecule has 3 nitrogen and oxygen atoms in total. The van der Waals surface area contributed by atoms with Crippen molar-refractivity contribution in [3.63, 3.8) is 0 Å². The van der Waals surface area contributed by atoms with Crippen LogP contribution in [0.5, 0.6) is 0 Å². The lowest BCUT2D eigenvalue weighted by Crippen LogP contribution is -2.30. The van der Waals surface area contributed by atoms with E-state index in [-0.39, 0.29) is 0 Å². The lowest BCUT2D eigenvalue weighted by atomic mass is 10.0. The number of allylic oxidation sites excluding steroid dienone is 1. The fourth-order valence-corrected chi connectivity index (χ4v) is 1.14. The maximum atomic E-state index is 9.35. The van der Waals surface area contributed by atoms with E-state index in [9.17, 15) is 5.11 Å². The highest BCUT2D eigenvalue weighted by atomic mass is 35.5. The Hall–Kier alpha value is -0.380. The van der Waals surface area contributed by atoms with E-state index in [0.717, 1.165) is 0 Å². The van der Waals surface area contributed by atoms with E-state index in [1.807, 2.05) is 0 Å². The normalized spacial score (nSPS) is 31.7. The number of nitrogens with zero attached hydrogens (tertiary/aromatic N) is 2. The van der Waals surface area contributed by atoms with Crippen LogP contribution in [0.25, 0.3) is 0 Å². The van der Waals surface area contributed by atoms with Gasteiger partial charge in [-0.15, -0.1) is 0 Å². The van der Waals surface area contributed by atoms with Gasteiger partial charge in [-0.3, -0.25) is 0 Å². The first-order chi connectivity index (χ1) is 5.29. The van der Waals surface area contributed by atoms with E-state index >= 15 is 0 Å². The molecule has 60 valence electrons. The predicted molar refractivity (Wildman–Crippen MR) is 46.3 cm³/mol. The standard InChI is InChI=1S/C6H6Cl2N2O/c7-9-4-2-1-3-5(10-8)6(4)11/h1-2,6,11H,3H2. The molecule has 1 atom stereocenters. The monoisotopic (exact) mass is 192 g/mol. The molecule has 5 heteroatoms. The van der Waals surface area contributed by atoms with Crippen LogP contribution in [0.15, 0.2) is 21.2 Å². The van der Waals surface area contributed by atoms with E-state index in [0.29, 0.717) is 17.8 Å². The molecular weight excluding hydrogens is 187 g/mol. The van der Waals surface area contributed by atoms with Gasteiger partial charge in [0.2, 0.25) is 0 Å². The molecule has 1 aliphatic carbocycles. The summed E-state index contributed by atoms with van der Waals surface area (Å²) in [7, 11) is 0. The molecule has 0 aromatic carbocycles. The Morgan fingerprint density at radius 2 is 2.18 bits per heavy atom. The molecule has 0 aliphatic heterocycles. The van der Waals surface area contributed by atoms with Crippen molar-refractivity contribution >= 4 is 35.0 Å². The average molecular weight is 193 g/mol. The van der Waals surface area contributed by atoms with Crippen molar-refractivity contribution in [2.75, 3.05) is 0 Å². The van der Waals surface area contributed by atoms with Crippen molar-refractivity contribution in [3.05, 3.63) is 12.2 Å². The van der Waals surface area contributed by atoms with Crippen molar-refractivity contribution in [2.45, 2.75) is 12.5 Å². The van der Waals surface area contributed by atoms with E-state index in [1.54, 1.807) is 12.2 Å². The minimum atomic E-state index is -0.852. The van der Waals surface area contributed by atoms with Crippen LogP contribution in [-0.2, 0) is 0 Å². The minimum Gasteiger partial charge on any atom is -0.381 e. The van der Waals surface area contributed by atoms with Crippen LogP contribution in [0.1, 0.15) is 6.42 Å². The number of rotatable bonds is 0. The van der Waals surface area contributed by atoms with E-state index in [1.165, 1.54) is 0 Å². The Bertz CT molecular complexity index is 232. The summed E-state index contributed by atoms with van der Waals surface area (Å²) >= 11 is 10.4. The van der Waals surface area contributed by atoms with Crippen LogP contribution < -0.4 is 0 Å². The van der Waals surface area contributed by atoms with E-state index in [4.69, 9.17) is 23.6 Å². The molecule has 1 unspecified atom stereocenters. The lowest BCUT2D eigenvalue weighted by molar-refractivity contribution is 0.304. The number of halogens is 2. The second kappa shape index (κ2) is 3.85. The van der Waals surface area contributed by atoms with E-state index < -0.39 is 6.10 Å². The predicted octanol–water partition coefficient (Wildman–Crippen LogP) is 1.50. The Balaban J connectivity index is 2.90. The maximum Gasteiger partial charge on any atom is 0.136 e. The minimum absolute atomic E-state index is 0.373. The Morgan fingerprint density at radius 1 is 1.45 bits per heavy atom. The van der Waals surface area contributed by atoms with Gasteiger partial charge in [-0.05, 0) is 6.08 Å². The topological polar surface area (TPSA) is 45.0 Å². The molecule has 0 saturated carbocycles. The van der Waals surface area contributed by atoms with Crippen LogP contribution in [-0.4, -0.2) is 22.6 Å². The zero-order valence-corrected chi connectivity index (χ0v) is 7.05. The highest BCUT2D eigenvalue weighted by molar-refractivity contribution is 6.30. The first-order valence-electron chi connectivity index (χ1n) is 3.00. The molecule has 0 fully saturated rings. The molecular formula is C6H6Cl2N2O. The second-order valence-electron chi connectivity index (χ2n) is 2.09. The van der Waals surface area contributed by atoms with Crippen molar-refractivity contribution in [3.8, 4) is 0 Å². The van der Waals surface area contributed by atoms with Gasteiger partial charge in [-0.2, -0.15) is 9.02 Å². The van der Waals surface area contributed by atoms with Crippen LogP contribution in [0, 0.1) is 0 Å². The number of hydrogen-bond acceptors (Lipinski definition) is 3. The van der Waals surface area contributed by atoms with Crippen LogP contribution in [0.4, 0.5) is 0 Å². The molecule has 0 radical (unpaired) electrons. The van der Waals surface area contributed by atoms with Gasteiger partial charge in [0, 0.05) is 30.0 Å². The van der Waals surface area contributed by atoms with Crippen molar-refractivity contribution in [1.29, 1.82) is 0 Å². The summed E-state index contributed by atoms with van der Waals surface area (Å²) in [5.41, 5.74) is 0.839. The van der Waals surface area contributed by atoms with Gasteiger partial charge in [0.05, 0.1) is 11.4 Å². The summed E-state index contributed by atoms with van der Waals surface area (Å²) in [6.07, 6.45) is 3.12. The zero-order chi connectivity index (χ0) is 8.27.